The van der Waals surface area contributed by atoms with Gasteiger partial charge in [-0.05, 0) is 23.8 Å². The number of halogens is 5. The lowest BCUT2D eigenvalue weighted by molar-refractivity contribution is -0.184. The lowest BCUT2D eigenvalue weighted by Crippen LogP contribution is -2.58. The molecule has 0 aromatic heterocycles. The summed E-state index contributed by atoms with van der Waals surface area (Å²) in [6.45, 7) is 1.11. The quantitative estimate of drug-likeness (QED) is 0.792. The second-order valence-electron chi connectivity index (χ2n) is 6.15. The van der Waals surface area contributed by atoms with Gasteiger partial charge in [-0.15, -0.1) is 12.4 Å². The van der Waals surface area contributed by atoms with Crippen molar-refractivity contribution in [2.45, 2.75) is 24.7 Å². The second-order valence-corrected chi connectivity index (χ2v) is 6.59. The molecule has 0 bridgehead atoms. The highest BCUT2D eigenvalue weighted by Gasteiger charge is 2.44. The Balaban J connectivity index is 0.00000243. The molecule has 2 unspecified atom stereocenters. The number of carbonyl (C=O) groups is 1. The summed E-state index contributed by atoms with van der Waals surface area (Å²) in [6, 6.07) is 3.30. The van der Waals surface area contributed by atoms with Gasteiger partial charge in [0.15, 0.2) is 6.10 Å². The average molecular weight is 414 g/mol. The van der Waals surface area contributed by atoms with E-state index in [-0.39, 0.29) is 12.4 Å². The third-order valence-electron chi connectivity index (χ3n) is 4.43. The molecule has 2 N–H and O–H groups in total. The highest BCUT2D eigenvalue weighted by Crippen LogP contribution is 2.31. The number of hydrogen-bond acceptors (Lipinski definition) is 4. The van der Waals surface area contributed by atoms with Crippen LogP contribution in [0.2, 0.25) is 5.02 Å². The maximum atomic E-state index is 13.3. The predicted octanol–water partition coefficient (Wildman–Crippen LogP) is 2.02. The number of piperazine rings is 1. The van der Waals surface area contributed by atoms with Crippen molar-refractivity contribution >= 4 is 29.9 Å². The van der Waals surface area contributed by atoms with Crippen LogP contribution in [0.15, 0.2) is 18.2 Å². The molecule has 0 aliphatic carbocycles. The molecular formula is C16H20Cl2F3N3O2. The highest BCUT2D eigenvalue weighted by atomic mass is 35.5. The number of alkyl halides is 3. The van der Waals surface area contributed by atoms with Gasteiger partial charge >= 0.3 is 6.18 Å². The number of fused-ring (bicyclic) bond motifs is 1. The molecule has 1 amide bonds. The Morgan fingerprint density at radius 2 is 2.08 bits per heavy atom. The Labute approximate surface area is 160 Å². The van der Waals surface area contributed by atoms with E-state index in [1.54, 1.807) is 18.2 Å². The first kappa shape index (κ1) is 21.1. The first-order valence-corrected chi connectivity index (χ1v) is 8.46. The number of ether oxygens (including phenoxy) is 1. The molecule has 1 aromatic rings. The molecule has 2 atom stereocenters. The summed E-state index contributed by atoms with van der Waals surface area (Å²) in [6.07, 6.45) is -4.94. The summed E-state index contributed by atoms with van der Waals surface area (Å²) < 4.78 is 45.5. The molecule has 1 saturated heterocycles. The van der Waals surface area contributed by atoms with Gasteiger partial charge in [0.1, 0.15) is 11.8 Å². The van der Waals surface area contributed by atoms with Crippen molar-refractivity contribution in [3.05, 3.63) is 28.8 Å². The van der Waals surface area contributed by atoms with Crippen molar-refractivity contribution in [3.63, 3.8) is 0 Å². The maximum absolute atomic E-state index is 13.3. The van der Waals surface area contributed by atoms with E-state index in [4.69, 9.17) is 16.3 Å². The van der Waals surface area contributed by atoms with Crippen LogP contribution in [0.3, 0.4) is 0 Å². The average Bonchev–Trinajstić information content (AvgIpc) is 2.98. The third-order valence-corrected chi connectivity index (χ3v) is 4.66. The molecule has 0 spiro atoms. The van der Waals surface area contributed by atoms with Crippen molar-refractivity contribution in [1.29, 1.82) is 0 Å². The van der Waals surface area contributed by atoms with Gasteiger partial charge in [-0.3, -0.25) is 9.69 Å². The van der Waals surface area contributed by atoms with E-state index in [1.165, 1.54) is 4.90 Å². The van der Waals surface area contributed by atoms with Crippen LogP contribution >= 0.6 is 24.0 Å². The van der Waals surface area contributed by atoms with E-state index in [9.17, 15) is 18.0 Å². The van der Waals surface area contributed by atoms with E-state index < -0.39 is 30.8 Å². The van der Waals surface area contributed by atoms with Gasteiger partial charge in [0.25, 0.3) is 5.91 Å². The molecule has 26 heavy (non-hydrogen) atoms. The highest BCUT2D eigenvalue weighted by molar-refractivity contribution is 6.30. The summed E-state index contributed by atoms with van der Waals surface area (Å²) in [4.78, 5) is 13.6. The number of carbonyl (C=O) groups excluding carboxylic acids is 1. The Morgan fingerprint density at radius 3 is 2.73 bits per heavy atom. The summed E-state index contributed by atoms with van der Waals surface area (Å²) in [5, 5.41) is 5.94. The van der Waals surface area contributed by atoms with Crippen LogP contribution in [0, 0.1) is 0 Å². The number of nitrogens with one attached hydrogen (secondary N) is 2. The topological polar surface area (TPSA) is 53.6 Å². The van der Waals surface area contributed by atoms with Gasteiger partial charge < -0.3 is 15.4 Å². The standard InChI is InChI=1S/C16H19ClF3N3O2.ClH/c17-11-1-2-12-10(7-11)8-13(25-12)15(24)22-9-14(16(18,19)20)23-5-3-21-4-6-23;/h1-2,7,13-14,21H,3-6,8-9H2,(H,22,24);1H. The molecular weight excluding hydrogens is 394 g/mol. The minimum Gasteiger partial charge on any atom is -0.480 e. The van der Waals surface area contributed by atoms with Crippen LogP contribution in [-0.2, 0) is 11.2 Å². The molecule has 0 radical (unpaired) electrons. The zero-order chi connectivity index (χ0) is 18.0. The van der Waals surface area contributed by atoms with Gasteiger partial charge in [-0.2, -0.15) is 13.2 Å². The molecule has 5 nitrogen and oxygen atoms in total. The van der Waals surface area contributed by atoms with Crippen LogP contribution < -0.4 is 15.4 Å². The number of benzene rings is 1. The van der Waals surface area contributed by atoms with Crippen molar-refractivity contribution < 1.29 is 22.7 Å². The first-order chi connectivity index (χ1) is 11.8. The van der Waals surface area contributed by atoms with E-state index >= 15 is 0 Å². The Morgan fingerprint density at radius 1 is 1.38 bits per heavy atom. The minimum atomic E-state index is -4.41. The van der Waals surface area contributed by atoms with Crippen LogP contribution in [0.25, 0.3) is 0 Å². The molecule has 2 aliphatic rings. The van der Waals surface area contributed by atoms with Crippen LogP contribution in [-0.4, -0.2) is 61.9 Å². The fourth-order valence-electron chi connectivity index (χ4n) is 3.12. The van der Waals surface area contributed by atoms with Gasteiger partial charge in [0, 0.05) is 44.2 Å². The largest absolute Gasteiger partial charge is 0.480 e. The lowest BCUT2D eigenvalue weighted by atomic mass is 10.1. The fraction of sp³-hybridized carbons (Fsp3) is 0.562. The normalized spacial score (nSPS) is 21.3. The first-order valence-electron chi connectivity index (χ1n) is 8.09. The zero-order valence-electron chi connectivity index (χ0n) is 13.8. The van der Waals surface area contributed by atoms with Crippen LogP contribution in [0.4, 0.5) is 13.2 Å². The van der Waals surface area contributed by atoms with Crippen molar-refractivity contribution in [2.75, 3.05) is 32.7 Å². The van der Waals surface area contributed by atoms with Crippen molar-refractivity contribution in [1.82, 2.24) is 15.5 Å². The van der Waals surface area contributed by atoms with E-state index in [1.807, 2.05) is 0 Å². The molecule has 1 fully saturated rings. The molecule has 3 rings (SSSR count). The monoisotopic (exact) mass is 413 g/mol. The van der Waals surface area contributed by atoms with E-state index in [0.717, 1.165) is 5.56 Å². The van der Waals surface area contributed by atoms with Crippen molar-refractivity contribution in [2.24, 2.45) is 0 Å². The Kier molecular flexibility index (Phi) is 7.01. The van der Waals surface area contributed by atoms with Gasteiger partial charge in [-0.1, -0.05) is 11.6 Å². The van der Waals surface area contributed by atoms with Gasteiger partial charge in [0.2, 0.25) is 0 Å². The Hall–Kier alpha value is -1.22. The molecule has 0 saturated carbocycles. The minimum absolute atomic E-state index is 0. The number of rotatable bonds is 4. The lowest BCUT2D eigenvalue weighted by Gasteiger charge is -2.36. The predicted molar refractivity (Wildman–Crippen MR) is 94.1 cm³/mol. The molecule has 2 aliphatic heterocycles. The SMILES string of the molecule is Cl.O=C(NCC(N1CCNCC1)C(F)(F)F)C1Cc2cc(Cl)ccc2O1. The summed E-state index contributed by atoms with van der Waals surface area (Å²) in [5.74, 6) is -0.00395. The summed E-state index contributed by atoms with van der Waals surface area (Å²) in [7, 11) is 0. The van der Waals surface area contributed by atoms with Gasteiger partial charge in [0.05, 0.1) is 0 Å². The maximum Gasteiger partial charge on any atom is 0.405 e. The summed E-state index contributed by atoms with van der Waals surface area (Å²) in [5.41, 5.74) is 0.780. The van der Waals surface area contributed by atoms with Crippen LogP contribution in [0.1, 0.15) is 5.56 Å². The summed E-state index contributed by atoms with van der Waals surface area (Å²) >= 11 is 5.90. The molecule has 146 valence electrons. The molecule has 2 heterocycles. The van der Waals surface area contributed by atoms with Crippen LogP contribution in [0.5, 0.6) is 5.75 Å². The fourth-order valence-corrected chi connectivity index (χ4v) is 3.31. The number of hydrogen-bond donors (Lipinski definition) is 2. The van der Waals surface area contributed by atoms with E-state index in [0.29, 0.717) is 43.4 Å². The van der Waals surface area contributed by atoms with Gasteiger partial charge in [-0.25, -0.2) is 0 Å². The van der Waals surface area contributed by atoms with E-state index in [2.05, 4.69) is 10.6 Å². The molecule has 1 aromatic carbocycles. The number of nitrogens with zero attached hydrogens (tertiary/aromatic N) is 1. The Bertz CT molecular complexity index is 640. The smallest absolute Gasteiger partial charge is 0.405 e. The van der Waals surface area contributed by atoms with Crippen molar-refractivity contribution in [3.8, 4) is 5.75 Å². The number of amides is 1. The second kappa shape index (κ2) is 8.65. The third kappa shape index (κ3) is 4.94. The molecule has 10 heteroatoms. The zero-order valence-corrected chi connectivity index (χ0v) is 15.4.